The number of rotatable bonds is 1. The van der Waals surface area contributed by atoms with Crippen LogP contribution in [0.5, 0.6) is 0 Å². The van der Waals surface area contributed by atoms with E-state index in [2.05, 4.69) is 101 Å². The van der Waals surface area contributed by atoms with Gasteiger partial charge in [-0.25, -0.2) is 0 Å². The van der Waals surface area contributed by atoms with Gasteiger partial charge in [-0.1, -0.05) is 63.6 Å². The fraction of sp³-hybridized carbons (Fsp3) is 0.265. The topological polar surface area (TPSA) is 26.0 Å². The first kappa shape index (κ1) is 21.6. The lowest BCUT2D eigenvalue weighted by atomic mass is 9.63. The number of aryl methyl sites for hydroxylation is 1. The molecule has 1 aliphatic carbocycles. The van der Waals surface area contributed by atoms with E-state index in [1.54, 1.807) is 0 Å². The average molecular weight is 470 g/mol. The molecule has 2 nitrogen and oxygen atoms in total. The summed E-state index contributed by atoms with van der Waals surface area (Å²) in [4.78, 5) is 4.86. The van der Waals surface area contributed by atoms with Crippen LogP contribution in [0.25, 0.3) is 54.7 Å². The largest absolute Gasteiger partial charge is 0.456 e. The van der Waals surface area contributed by atoms with Crippen molar-refractivity contribution in [2.75, 3.05) is 0 Å². The van der Waals surface area contributed by atoms with Crippen LogP contribution in [-0.4, -0.2) is 4.98 Å². The summed E-state index contributed by atoms with van der Waals surface area (Å²) in [6.07, 6.45) is 4.31. The van der Waals surface area contributed by atoms with E-state index < -0.39 is 0 Å². The third kappa shape index (κ3) is 3.13. The number of benzene rings is 4. The lowest BCUT2D eigenvalue weighted by Gasteiger charge is -2.41. The maximum Gasteiger partial charge on any atom is 0.136 e. The van der Waals surface area contributed by atoms with Gasteiger partial charge in [-0.3, -0.25) is 4.98 Å². The van der Waals surface area contributed by atoms with E-state index >= 15 is 0 Å². The van der Waals surface area contributed by atoms with E-state index in [1.807, 2.05) is 6.20 Å². The third-order valence-corrected chi connectivity index (χ3v) is 8.60. The minimum Gasteiger partial charge on any atom is -0.456 e. The number of aromatic nitrogens is 1. The van der Waals surface area contributed by atoms with Gasteiger partial charge in [0.1, 0.15) is 11.2 Å². The van der Waals surface area contributed by atoms with Crippen LogP contribution >= 0.6 is 0 Å². The van der Waals surface area contributed by atoms with Crippen molar-refractivity contribution >= 4 is 43.5 Å². The Balaban J connectivity index is 1.50. The number of fused-ring (bicyclic) bond motifs is 6. The van der Waals surface area contributed by atoms with Crippen molar-refractivity contribution in [2.45, 2.75) is 58.3 Å². The zero-order valence-electron chi connectivity index (χ0n) is 21.7. The van der Waals surface area contributed by atoms with Crippen LogP contribution < -0.4 is 0 Å². The Kier molecular flexibility index (Phi) is 4.32. The molecule has 1 aliphatic rings. The summed E-state index contributed by atoms with van der Waals surface area (Å²) in [6.45, 7) is 11.6. The minimum absolute atomic E-state index is 0.161. The molecule has 7 rings (SSSR count). The first-order chi connectivity index (χ1) is 17.2. The van der Waals surface area contributed by atoms with Crippen LogP contribution in [0.1, 0.15) is 57.2 Å². The second-order valence-electron chi connectivity index (χ2n) is 12.1. The number of hydrogen-bond acceptors (Lipinski definition) is 2. The van der Waals surface area contributed by atoms with Gasteiger partial charge in [0, 0.05) is 27.9 Å². The Bertz CT molecular complexity index is 1850. The summed E-state index contributed by atoms with van der Waals surface area (Å²) in [7, 11) is 0. The van der Waals surface area contributed by atoms with Crippen molar-refractivity contribution in [1.82, 2.24) is 4.98 Å². The molecule has 0 spiro atoms. The van der Waals surface area contributed by atoms with Crippen LogP contribution in [0.4, 0.5) is 0 Å². The summed E-state index contributed by atoms with van der Waals surface area (Å²) < 4.78 is 6.48. The Morgan fingerprint density at radius 2 is 1.33 bits per heavy atom. The lowest BCUT2D eigenvalue weighted by molar-refractivity contribution is 0.332. The maximum absolute atomic E-state index is 6.48. The van der Waals surface area contributed by atoms with Crippen molar-refractivity contribution in [3.05, 3.63) is 89.6 Å². The van der Waals surface area contributed by atoms with Crippen LogP contribution in [0.3, 0.4) is 0 Å². The monoisotopic (exact) mass is 469 g/mol. The number of hydrogen-bond donors (Lipinski definition) is 0. The van der Waals surface area contributed by atoms with Crippen LogP contribution in [0.2, 0.25) is 0 Å². The van der Waals surface area contributed by atoms with E-state index in [4.69, 9.17) is 9.40 Å². The Morgan fingerprint density at radius 3 is 2.14 bits per heavy atom. The molecule has 6 aromatic rings. The quantitative estimate of drug-likeness (QED) is 0.239. The summed E-state index contributed by atoms with van der Waals surface area (Å²) in [5.41, 5.74) is 8.59. The van der Waals surface area contributed by atoms with Gasteiger partial charge in [0.2, 0.25) is 0 Å². The van der Waals surface area contributed by atoms with E-state index in [9.17, 15) is 0 Å². The summed E-state index contributed by atoms with van der Waals surface area (Å²) in [5, 5.41) is 7.20. The number of furan rings is 1. The van der Waals surface area contributed by atoms with Crippen molar-refractivity contribution in [3.63, 3.8) is 0 Å². The third-order valence-electron chi connectivity index (χ3n) is 8.60. The van der Waals surface area contributed by atoms with Gasteiger partial charge in [-0.2, -0.15) is 0 Å². The standard InChI is InChI=1S/C34H31NO/c1-20-6-7-21-8-9-23(15-24(21)14-20)32-25-17-26-27-18-28-29(34(4,5)12-11-33(28,2)3)19-31(27)36-30(26)16-22(25)10-13-35-32/h6-10,13-19H,11-12H2,1-5H3. The van der Waals surface area contributed by atoms with Gasteiger partial charge < -0.3 is 4.42 Å². The Morgan fingerprint density at radius 1 is 0.639 bits per heavy atom. The van der Waals surface area contributed by atoms with Crippen molar-refractivity contribution in [1.29, 1.82) is 0 Å². The van der Waals surface area contributed by atoms with Gasteiger partial charge in [0.15, 0.2) is 0 Å². The normalized spacial score (nSPS) is 16.7. The van der Waals surface area contributed by atoms with E-state index in [0.29, 0.717) is 0 Å². The van der Waals surface area contributed by atoms with Crippen molar-refractivity contribution < 1.29 is 4.42 Å². The molecule has 0 atom stereocenters. The molecule has 2 heteroatoms. The van der Waals surface area contributed by atoms with Crippen LogP contribution in [-0.2, 0) is 10.8 Å². The first-order valence-corrected chi connectivity index (χ1v) is 13.0. The van der Waals surface area contributed by atoms with E-state index in [1.165, 1.54) is 51.1 Å². The minimum atomic E-state index is 0.161. The summed E-state index contributed by atoms with van der Waals surface area (Å²) >= 11 is 0. The number of pyridine rings is 1. The highest BCUT2D eigenvalue weighted by Crippen LogP contribution is 2.48. The van der Waals surface area contributed by atoms with Gasteiger partial charge >= 0.3 is 0 Å². The molecule has 2 heterocycles. The predicted octanol–water partition coefficient (Wildman–Crippen LogP) is 9.61. The highest BCUT2D eigenvalue weighted by molar-refractivity contribution is 6.12. The second kappa shape index (κ2) is 7.20. The lowest BCUT2D eigenvalue weighted by Crippen LogP contribution is -2.33. The number of nitrogens with zero attached hydrogens (tertiary/aromatic N) is 1. The molecule has 4 aromatic carbocycles. The summed E-state index contributed by atoms with van der Waals surface area (Å²) in [6, 6.07) is 24.6. The Labute approximate surface area is 212 Å². The molecule has 0 saturated carbocycles. The maximum atomic E-state index is 6.48. The highest BCUT2D eigenvalue weighted by atomic mass is 16.3. The highest BCUT2D eigenvalue weighted by Gasteiger charge is 2.37. The Hall–Kier alpha value is -3.65. The molecule has 2 aromatic heterocycles. The fourth-order valence-corrected chi connectivity index (χ4v) is 6.25. The zero-order chi connectivity index (χ0) is 24.8. The van der Waals surface area contributed by atoms with Gasteiger partial charge in [-0.05, 0) is 94.3 Å². The van der Waals surface area contributed by atoms with Crippen LogP contribution in [0, 0.1) is 6.92 Å². The molecule has 0 unspecified atom stereocenters. The molecule has 0 bridgehead atoms. The zero-order valence-corrected chi connectivity index (χ0v) is 21.7. The molecule has 178 valence electrons. The molecule has 0 saturated heterocycles. The molecular weight excluding hydrogens is 438 g/mol. The molecule has 0 amide bonds. The average Bonchev–Trinajstić information content (AvgIpc) is 3.20. The molecule has 0 N–H and O–H groups in total. The smallest absolute Gasteiger partial charge is 0.136 e. The van der Waals surface area contributed by atoms with E-state index in [0.717, 1.165) is 33.2 Å². The van der Waals surface area contributed by atoms with Crippen molar-refractivity contribution in [2.24, 2.45) is 0 Å². The first-order valence-electron chi connectivity index (χ1n) is 13.0. The fourth-order valence-electron chi connectivity index (χ4n) is 6.25. The molecule has 0 fully saturated rings. The van der Waals surface area contributed by atoms with E-state index in [-0.39, 0.29) is 10.8 Å². The van der Waals surface area contributed by atoms with Gasteiger partial charge in [-0.15, -0.1) is 0 Å². The van der Waals surface area contributed by atoms with Crippen molar-refractivity contribution in [3.8, 4) is 11.3 Å². The molecule has 36 heavy (non-hydrogen) atoms. The second-order valence-corrected chi connectivity index (χ2v) is 12.1. The predicted molar refractivity (Wildman–Crippen MR) is 152 cm³/mol. The van der Waals surface area contributed by atoms with Gasteiger partial charge in [0.25, 0.3) is 0 Å². The molecule has 0 aliphatic heterocycles. The summed E-state index contributed by atoms with van der Waals surface area (Å²) in [5.74, 6) is 0. The molecule has 0 radical (unpaired) electrons. The molecular formula is C34H31NO. The van der Waals surface area contributed by atoms with Crippen LogP contribution in [0.15, 0.2) is 77.3 Å². The van der Waals surface area contributed by atoms with Gasteiger partial charge in [0.05, 0.1) is 5.69 Å². The SMILES string of the molecule is Cc1ccc2ccc(-c3nccc4cc5oc6cc7c(cc6c5cc34)C(C)(C)CCC7(C)C)cc2c1.